The maximum atomic E-state index is 13.0. The Morgan fingerprint density at radius 1 is 1.00 bits per heavy atom. The average Bonchev–Trinajstić information content (AvgIpc) is 3.02. The van der Waals surface area contributed by atoms with E-state index in [-0.39, 0.29) is 24.1 Å². The summed E-state index contributed by atoms with van der Waals surface area (Å²) in [5, 5.41) is 3.14. The molecule has 1 aromatic heterocycles. The molecule has 3 rings (SSSR count). The standard InChI is InChI=1S/C22H34N4O4/c1-14(2)30-21(28)18-15(3)19(23-16(18)4)20(27)25-10-12-26(13-11-25)22(29)24-17-8-6-5-7-9-17/h14,17,23H,5-13H2,1-4H3,(H,24,29). The topological polar surface area (TPSA) is 94.7 Å². The zero-order chi connectivity index (χ0) is 21.8. The highest BCUT2D eigenvalue weighted by Crippen LogP contribution is 2.22. The number of rotatable bonds is 4. The molecule has 0 radical (unpaired) electrons. The van der Waals surface area contributed by atoms with E-state index >= 15 is 0 Å². The van der Waals surface area contributed by atoms with E-state index in [1.165, 1.54) is 19.3 Å². The van der Waals surface area contributed by atoms with Crippen molar-refractivity contribution in [3.63, 3.8) is 0 Å². The van der Waals surface area contributed by atoms with Gasteiger partial charge in [-0.25, -0.2) is 9.59 Å². The van der Waals surface area contributed by atoms with Gasteiger partial charge in [0.15, 0.2) is 0 Å². The maximum Gasteiger partial charge on any atom is 0.340 e. The second-order valence-corrected chi connectivity index (χ2v) is 8.64. The van der Waals surface area contributed by atoms with Crippen molar-refractivity contribution in [2.24, 2.45) is 0 Å². The van der Waals surface area contributed by atoms with Crippen LogP contribution in [0.3, 0.4) is 0 Å². The molecule has 1 aliphatic heterocycles. The quantitative estimate of drug-likeness (QED) is 0.735. The van der Waals surface area contributed by atoms with Crippen molar-refractivity contribution in [1.29, 1.82) is 0 Å². The number of piperazine rings is 1. The average molecular weight is 419 g/mol. The Kier molecular flexibility index (Phi) is 7.05. The summed E-state index contributed by atoms with van der Waals surface area (Å²) in [5.74, 6) is -0.564. The molecule has 0 bridgehead atoms. The van der Waals surface area contributed by atoms with Gasteiger partial charge in [0.1, 0.15) is 5.69 Å². The van der Waals surface area contributed by atoms with Gasteiger partial charge >= 0.3 is 12.0 Å². The summed E-state index contributed by atoms with van der Waals surface area (Å²) < 4.78 is 5.30. The van der Waals surface area contributed by atoms with Crippen LogP contribution in [0.4, 0.5) is 4.79 Å². The van der Waals surface area contributed by atoms with Crippen LogP contribution < -0.4 is 5.32 Å². The molecule has 30 heavy (non-hydrogen) atoms. The fourth-order valence-corrected chi connectivity index (χ4v) is 4.33. The number of amides is 3. The van der Waals surface area contributed by atoms with E-state index in [1.54, 1.807) is 37.5 Å². The van der Waals surface area contributed by atoms with Crippen LogP contribution >= 0.6 is 0 Å². The molecule has 0 spiro atoms. The molecule has 166 valence electrons. The molecule has 1 aromatic rings. The number of urea groups is 1. The number of hydrogen-bond donors (Lipinski definition) is 2. The van der Waals surface area contributed by atoms with Crippen LogP contribution in [0.15, 0.2) is 0 Å². The number of carbonyl (C=O) groups excluding carboxylic acids is 3. The third-order valence-electron chi connectivity index (χ3n) is 5.99. The normalized spacial score (nSPS) is 17.9. The third-order valence-corrected chi connectivity index (χ3v) is 5.99. The number of hydrogen-bond acceptors (Lipinski definition) is 4. The minimum atomic E-state index is -0.417. The van der Waals surface area contributed by atoms with E-state index in [0.29, 0.717) is 48.7 Å². The lowest BCUT2D eigenvalue weighted by Crippen LogP contribution is -2.54. The second kappa shape index (κ2) is 9.53. The largest absolute Gasteiger partial charge is 0.459 e. The van der Waals surface area contributed by atoms with Gasteiger partial charge in [-0.05, 0) is 46.1 Å². The lowest BCUT2D eigenvalue weighted by molar-refractivity contribution is 0.0376. The first-order chi connectivity index (χ1) is 14.3. The number of nitrogens with zero attached hydrogens (tertiary/aromatic N) is 2. The number of aromatic amines is 1. The van der Waals surface area contributed by atoms with Crippen molar-refractivity contribution in [2.75, 3.05) is 26.2 Å². The number of H-pyrrole nitrogens is 1. The van der Waals surface area contributed by atoms with Crippen LogP contribution in [-0.2, 0) is 4.74 Å². The Morgan fingerprint density at radius 2 is 1.60 bits per heavy atom. The molecule has 1 saturated carbocycles. The Bertz CT molecular complexity index is 787. The summed E-state index contributed by atoms with van der Waals surface area (Å²) >= 11 is 0. The molecule has 2 heterocycles. The third kappa shape index (κ3) is 4.96. The fourth-order valence-electron chi connectivity index (χ4n) is 4.33. The lowest BCUT2D eigenvalue weighted by Gasteiger charge is -2.36. The number of carbonyl (C=O) groups is 3. The minimum Gasteiger partial charge on any atom is -0.459 e. The zero-order valence-electron chi connectivity index (χ0n) is 18.5. The summed E-state index contributed by atoms with van der Waals surface area (Å²) in [5.41, 5.74) is 2.09. The van der Waals surface area contributed by atoms with Gasteiger partial charge in [0.25, 0.3) is 5.91 Å². The number of esters is 1. The van der Waals surface area contributed by atoms with Crippen LogP contribution in [0.5, 0.6) is 0 Å². The Morgan fingerprint density at radius 3 is 2.20 bits per heavy atom. The van der Waals surface area contributed by atoms with Crippen molar-refractivity contribution >= 4 is 17.9 Å². The SMILES string of the molecule is Cc1[nH]c(C(=O)N2CCN(C(=O)NC3CCCCC3)CC2)c(C)c1C(=O)OC(C)C. The predicted molar refractivity (Wildman–Crippen MR) is 114 cm³/mol. The van der Waals surface area contributed by atoms with Crippen molar-refractivity contribution in [3.8, 4) is 0 Å². The van der Waals surface area contributed by atoms with Gasteiger partial charge in [0, 0.05) is 37.9 Å². The van der Waals surface area contributed by atoms with Crippen LogP contribution in [0.2, 0.25) is 0 Å². The first kappa shape index (κ1) is 22.2. The summed E-state index contributed by atoms with van der Waals surface area (Å²) in [4.78, 5) is 44.5. The molecule has 0 aromatic carbocycles. The predicted octanol–water partition coefficient (Wildman–Crippen LogP) is 3.00. The van der Waals surface area contributed by atoms with Gasteiger partial charge in [-0.15, -0.1) is 0 Å². The Hall–Kier alpha value is -2.51. The van der Waals surface area contributed by atoms with E-state index < -0.39 is 5.97 Å². The molecular formula is C22H34N4O4. The molecule has 8 heteroatoms. The summed E-state index contributed by atoms with van der Waals surface area (Å²) in [6.45, 7) is 9.09. The van der Waals surface area contributed by atoms with Gasteiger partial charge in [-0.3, -0.25) is 4.79 Å². The van der Waals surface area contributed by atoms with E-state index in [9.17, 15) is 14.4 Å². The second-order valence-electron chi connectivity index (χ2n) is 8.64. The Labute approximate surface area is 178 Å². The first-order valence-corrected chi connectivity index (χ1v) is 11.0. The molecule has 2 N–H and O–H groups in total. The molecule has 1 aliphatic carbocycles. The molecular weight excluding hydrogens is 384 g/mol. The molecule has 0 unspecified atom stereocenters. The number of aromatic nitrogens is 1. The Balaban J connectivity index is 1.59. The molecule has 1 saturated heterocycles. The van der Waals surface area contributed by atoms with Crippen LogP contribution in [0.1, 0.15) is 78.1 Å². The van der Waals surface area contributed by atoms with Crippen molar-refractivity contribution in [1.82, 2.24) is 20.1 Å². The number of aryl methyl sites for hydroxylation is 1. The first-order valence-electron chi connectivity index (χ1n) is 11.0. The van der Waals surface area contributed by atoms with Crippen LogP contribution in [-0.4, -0.2) is 71.0 Å². The van der Waals surface area contributed by atoms with E-state index in [2.05, 4.69) is 10.3 Å². The van der Waals surface area contributed by atoms with Gasteiger partial charge in [-0.2, -0.15) is 0 Å². The number of nitrogens with one attached hydrogen (secondary N) is 2. The van der Waals surface area contributed by atoms with Crippen molar-refractivity contribution < 1.29 is 19.1 Å². The van der Waals surface area contributed by atoms with Gasteiger partial charge in [0.05, 0.1) is 11.7 Å². The van der Waals surface area contributed by atoms with Crippen LogP contribution in [0, 0.1) is 13.8 Å². The highest BCUT2D eigenvalue weighted by molar-refractivity contribution is 6.00. The van der Waals surface area contributed by atoms with Crippen LogP contribution in [0.25, 0.3) is 0 Å². The zero-order valence-corrected chi connectivity index (χ0v) is 18.5. The smallest absolute Gasteiger partial charge is 0.340 e. The summed E-state index contributed by atoms with van der Waals surface area (Å²) in [6, 6.07) is 0.249. The maximum absolute atomic E-state index is 13.0. The molecule has 8 nitrogen and oxygen atoms in total. The van der Waals surface area contributed by atoms with Gasteiger partial charge in [-0.1, -0.05) is 19.3 Å². The minimum absolute atomic E-state index is 0.0281. The summed E-state index contributed by atoms with van der Waals surface area (Å²) in [7, 11) is 0. The summed E-state index contributed by atoms with van der Waals surface area (Å²) in [6.07, 6.45) is 5.48. The van der Waals surface area contributed by atoms with Crippen molar-refractivity contribution in [3.05, 3.63) is 22.5 Å². The van der Waals surface area contributed by atoms with E-state index in [0.717, 1.165) is 12.8 Å². The molecule has 2 fully saturated rings. The van der Waals surface area contributed by atoms with Gasteiger partial charge in [0.2, 0.25) is 0 Å². The van der Waals surface area contributed by atoms with Gasteiger partial charge < -0.3 is 24.8 Å². The fraction of sp³-hybridized carbons (Fsp3) is 0.682. The highest BCUT2D eigenvalue weighted by Gasteiger charge is 2.30. The molecule has 0 atom stereocenters. The van der Waals surface area contributed by atoms with E-state index in [1.807, 2.05) is 0 Å². The molecule has 2 aliphatic rings. The van der Waals surface area contributed by atoms with Crippen molar-refractivity contribution in [2.45, 2.75) is 71.9 Å². The monoisotopic (exact) mass is 418 g/mol. The lowest BCUT2D eigenvalue weighted by atomic mass is 9.96. The number of ether oxygens (including phenoxy) is 1. The van der Waals surface area contributed by atoms with E-state index in [4.69, 9.17) is 4.74 Å². The molecule has 3 amide bonds. The highest BCUT2D eigenvalue weighted by atomic mass is 16.5.